The fraction of sp³-hybridized carbons (Fsp3) is 0.500. The van der Waals surface area contributed by atoms with Crippen molar-refractivity contribution in [2.24, 2.45) is 0 Å². The Balaban J connectivity index is 2.13. The molecule has 0 aliphatic heterocycles. The number of hydrogen-bond donors (Lipinski definition) is 3. The van der Waals surface area contributed by atoms with Crippen molar-refractivity contribution < 1.29 is 14.7 Å². The van der Waals surface area contributed by atoms with Gasteiger partial charge in [0.1, 0.15) is 0 Å². The van der Waals surface area contributed by atoms with Gasteiger partial charge in [-0.2, -0.15) is 0 Å². The molecule has 0 aliphatic carbocycles. The summed E-state index contributed by atoms with van der Waals surface area (Å²) in [5.41, 5.74) is 1.79. The van der Waals surface area contributed by atoms with Crippen LogP contribution >= 0.6 is 0 Å². The summed E-state index contributed by atoms with van der Waals surface area (Å²) in [5, 5.41) is 14.0. The number of carbonyl (C=O) groups is 2. The van der Waals surface area contributed by atoms with Gasteiger partial charge in [0.05, 0.1) is 0 Å². The van der Waals surface area contributed by atoms with Gasteiger partial charge < -0.3 is 15.7 Å². The van der Waals surface area contributed by atoms with Crippen molar-refractivity contribution in [1.82, 2.24) is 10.6 Å². The highest BCUT2D eigenvalue weighted by atomic mass is 16.3. The van der Waals surface area contributed by atoms with Gasteiger partial charge in [-0.1, -0.05) is 29.8 Å². The quantitative estimate of drug-likeness (QED) is 0.481. The van der Waals surface area contributed by atoms with E-state index in [1.165, 1.54) is 0 Å². The summed E-state index contributed by atoms with van der Waals surface area (Å²) in [6, 6.07) is 7.16. The van der Waals surface area contributed by atoms with Gasteiger partial charge >= 0.3 is 6.03 Å². The van der Waals surface area contributed by atoms with Crippen molar-refractivity contribution in [3.63, 3.8) is 0 Å². The van der Waals surface area contributed by atoms with Gasteiger partial charge in [-0.25, -0.2) is 4.79 Å². The summed E-state index contributed by atoms with van der Waals surface area (Å²) in [6.07, 6.45) is 2.79. The molecule has 3 N–H and O–H groups in total. The number of aliphatic hydroxyl groups excluding tert-OH is 1. The van der Waals surface area contributed by atoms with Crippen molar-refractivity contribution in [3.8, 4) is 0 Å². The van der Waals surface area contributed by atoms with E-state index in [4.69, 9.17) is 5.11 Å². The van der Waals surface area contributed by atoms with E-state index >= 15 is 0 Å². The third-order valence-electron chi connectivity index (χ3n) is 3.13. The lowest BCUT2D eigenvalue weighted by molar-refractivity contribution is 0.0983. The Morgan fingerprint density at radius 1 is 1.00 bits per heavy atom. The minimum absolute atomic E-state index is 0.0262. The topological polar surface area (TPSA) is 78.4 Å². The van der Waals surface area contributed by atoms with Crippen LogP contribution in [0.1, 0.15) is 41.6 Å². The number of aliphatic hydroxyl groups is 1. The molecule has 0 heterocycles. The first kappa shape index (κ1) is 17.2. The zero-order valence-corrected chi connectivity index (χ0v) is 12.5. The molecule has 0 atom stereocenters. The highest BCUT2D eigenvalue weighted by molar-refractivity contribution is 5.96. The first-order valence-electron chi connectivity index (χ1n) is 7.36. The monoisotopic (exact) mass is 292 g/mol. The number of amides is 2. The van der Waals surface area contributed by atoms with Gasteiger partial charge in [0.2, 0.25) is 0 Å². The Kier molecular flexibility index (Phi) is 8.12. The summed E-state index contributed by atoms with van der Waals surface area (Å²) in [5.74, 6) is 0.0262. The number of unbranched alkanes of at least 4 members (excludes halogenated alkanes) is 2. The molecule has 1 rings (SSSR count). The molecule has 0 radical (unpaired) electrons. The summed E-state index contributed by atoms with van der Waals surface area (Å²) < 4.78 is 0. The van der Waals surface area contributed by atoms with E-state index in [2.05, 4.69) is 10.6 Å². The average molecular weight is 292 g/mol. The Morgan fingerprint density at radius 3 is 2.33 bits per heavy atom. The number of nitrogens with one attached hydrogen (secondary N) is 2. The fourth-order valence-corrected chi connectivity index (χ4v) is 1.85. The normalized spacial score (nSPS) is 10.2. The summed E-state index contributed by atoms with van der Waals surface area (Å²) in [6.45, 7) is 3.07. The van der Waals surface area contributed by atoms with E-state index < -0.39 is 0 Å². The van der Waals surface area contributed by atoms with Gasteiger partial charge in [0.25, 0.3) is 0 Å². The number of aryl methyl sites for hydroxylation is 1. The first-order chi connectivity index (χ1) is 10.1. The Hall–Kier alpha value is -1.88. The minimum Gasteiger partial charge on any atom is -0.396 e. The number of rotatable bonds is 9. The van der Waals surface area contributed by atoms with Crippen molar-refractivity contribution in [2.45, 2.75) is 32.6 Å². The molecule has 5 nitrogen and oxygen atoms in total. The number of Topliss-reactive ketones (excluding diaryl/α,β-unsaturated/α-hetero) is 1. The molecular formula is C16H24N2O3. The van der Waals surface area contributed by atoms with Crippen molar-refractivity contribution >= 4 is 11.8 Å². The first-order valence-corrected chi connectivity index (χ1v) is 7.36. The van der Waals surface area contributed by atoms with Gasteiger partial charge in [0.15, 0.2) is 5.78 Å². The third-order valence-corrected chi connectivity index (χ3v) is 3.13. The maximum atomic E-state index is 11.9. The number of urea groups is 1. The standard InChI is InChI=1S/C16H24N2O3/c1-13-5-7-14(8-6-13)15(20)9-11-18-16(21)17-10-3-2-4-12-19/h5-8,19H,2-4,9-12H2,1H3,(H2,17,18,21). The average Bonchev–Trinajstić information content (AvgIpc) is 2.47. The zero-order valence-electron chi connectivity index (χ0n) is 12.5. The molecule has 0 unspecified atom stereocenters. The second-order valence-corrected chi connectivity index (χ2v) is 5.01. The number of carbonyl (C=O) groups excluding carboxylic acids is 2. The van der Waals surface area contributed by atoms with Crippen LogP contribution in [0.25, 0.3) is 0 Å². The number of hydrogen-bond acceptors (Lipinski definition) is 3. The molecule has 116 valence electrons. The molecule has 0 bridgehead atoms. The Bertz CT molecular complexity index is 443. The van der Waals surface area contributed by atoms with Crippen LogP contribution in [0.5, 0.6) is 0 Å². The van der Waals surface area contributed by atoms with E-state index in [1.807, 2.05) is 19.1 Å². The smallest absolute Gasteiger partial charge is 0.314 e. The highest BCUT2D eigenvalue weighted by Crippen LogP contribution is 2.05. The second kappa shape index (κ2) is 9.94. The molecular weight excluding hydrogens is 268 g/mol. The van der Waals surface area contributed by atoms with E-state index in [1.54, 1.807) is 12.1 Å². The Morgan fingerprint density at radius 2 is 1.67 bits per heavy atom. The maximum absolute atomic E-state index is 11.9. The van der Waals surface area contributed by atoms with Crippen molar-refractivity contribution in [1.29, 1.82) is 0 Å². The molecule has 2 amide bonds. The minimum atomic E-state index is -0.254. The number of ketones is 1. The van der Waals surface area contributed by atoms with Crippen molar-refractivity contribution in [3.05, 3.63) is 35.4 Å². The summed E-state index contributed by atoms with van der Waals surface area (Å²) in [7, 11) is 0. The SMILES string of the molecule is Cc1ccc(C(=O)CCNC(=O)NCCCCCO)cc1. The summed E-state index contributed by atoms with van der Waals surface area (Å²) in [4.78, 5) is 23.3. The van der Waals surface area contributed by atoms with Crippen LogP contribution in [0.15, 0.2) is 24.3 Å². The van der Waals surface area contributed by atoms with Crippen LogP contribution in [0.3, 0.4) is 0 Å². The van der Waals surface area contributed by atoms with E-state index in [9.17, 15) is 9.59 Å². The van der Waals surface area contributed by atoms with Crippen LogP contribution < -0.4 is 10.6 Å². The molecule has 21 heavy (non-hydrogen) atoms. The molecule has 0 fully saturated rings. The van der Waals surface area contributed by atoms with E-state index in [0.29, 0.717) is 25.1 Å². The van der Waals surface area contributed by atoms with Gasteiger partial charge in [-0.05, 0) is 26.2 Å². The highest BCUT2D eigenvalue weighted by Gasteiger charge is 2.06. The lowest BCUT2D eigenvalue weighted by atomic mass is 10.1. The lowest BCUT2D eigenvalue weighted by Gasteiger charge is -2.07. The molecule has 0 aromatic heterocycles. The summed E-state index contributed by atoms with van der Waals surface area (Å²) >= 11 is 0. The van der Waals surface area contributed by atoms with E-state index in [-0.39, 0.29) is 18.4 Å². The van der Waals surface area contributed by atoms with Crippen LogP contribution in [-0.2, 0) is 0 Å². The molecule has 1 aromatic carbocycles. The van der Waals surface area contributed by atoms with E-state index in [0.717, 1.165) is 24.8 Å². The Labute approximate surface area is 125 Å². The van der Waals surface area contributed by atoms with Gasteiger partial charge in [-0.15, -0.1) is 0 Å². The molecule has 5 heteroatoms. The lowest BCUT2D eigenvalue weighted by Crippen LogP contribution is -2.37. The zero-order chi connectivity index (χ0) is 15.5. The third kappa shape index (κ3) is 7.46. The van der Waals surface area contributed by atoms with Crippen LogP contribution in [0, 0.1) is 6.92 Å². The molecule has 0 spiro atoms. The molecule has 0 aliphatic rings. The predicted octanol–water partition coefficient (Wildman–Crippen LogP) is 2.03. The molecule has 0 saturated heterocycles. The van der Waals surface area contributed by atoms with Crippen LogP contribution in [-0.4, -0.2) is 36.6 Å². The molecule has 1 aromatic rings. The predicted molar refractivity (Wildman–Crippen MR) is 82.5 cm³/mol. The molecule has 0 saturated carbocycles. The fourth-order valence-electron chi connectivity index (χ4n) is 1.85. The van der Waals surface area contributed by atoms with Crippen LogP contribution in [0.4, 0.5) is 4.79 Å². The van der Waals surface area contributed by atoms with Crippen LogP contribution in [0.2, 0.25) is 0 Å². The maximum Gasteiger partial charge on any atom is 0.314 e. The van der Waals surface area contributed by atoms with Gasteiger partial charge in [0, 0.05) is 31.7 Å². The second-order valence-electron chi connectivity index (χ2n) is 5.01. The largest absolute Gasteiger partial charge is 0.396 e. The van der Waals surface area contributed by atoms with Gasteiger partial charge in [-0.3, -0.25) is 4.79 Å². The number of benzene rings is 1. The van der Waals surface area contributed by atoms with Crippen molar-refractivity contribution in [2.75, 3.05) is 19.7 Å².